The Labute approximate surface area is 590 Å². The monoisotopic (exact) mass is 1350 g/mol. The number of rotatable bonds is 16. The zero-order chi connectivity index (χ0) is 72.7. The van der Waals surface area contributed by atoms with Crippen LogP contribution in [-0.2, 0) is 57.2 Å². The summed E-state index contributed by atoms with van der Waals surface area (Å²) in [6.45, 7) is 56.0. The van der Waals surface area contributed by atoms with Crippen LogP contribution in [0.1, 0.15) is 330 Å². The van der Waals surface area contributed by atoms with Crippen molar-refractivity contribution in [1.82, 2.24) is 0 Å². The van der Waals surface area contributed by atoms with E-state index in [2.05, 4.69) is 87.9 Å². The van der Waals surface area contributed by atoms with E-state index in [0.29, 0.717) is 68.4 Å². The quantitative estimate of drug-likeness (QED) is 0.0819. The highest BCUT2D eigenvalue weighted by molar-refractivity contribution is 5.89. The molecular weight excluding hydrogens is 1210 g/mol. The molecule has 0 aromatic rings. The summed E-state index contributed by atoms with van der Waals surface area (Å²) in [5.41, 5.74) is 2.12. The molecule has 0 aliphatic heterocycles. The molecule has 10 saturated carbocycles. The molecule has 0 heterocycles. The third-order valence-corrected chi connectivity index (χ3v) is 25.5. The topological polar surface area (TPSA) is 158 Å². The number of carbonyl (C=O) groups excluding carboxylic acids is 6. The summed E-state index contributed by atoms with van der Waals surface area (Å²) in [4.78, 5) is 69.8. The van der Waals surface area contributed by atoms with Crippen LogP contribution in [-0.4, -0.2) is 69.4 Å². The van der Waals surface area contributed by atoms with Gasteiger partial charge < -0.3 is 28.4 Å². The van der Waals surface area contributed by atoms with Crippen LogP contribution in [0, 0.1) is 64.1 Å². The molecule has 8 unspecified atom stereocenters. The van der Waals surface area contributed by atoms with Crippen molar-refractivity contribution in [2.45, 2.75) is 363 Å². The number of hydrogen-bond acceptors (Lipinski definition) is 12. The molecule has 550 valence electrons. The number of esters is 6. The molecule has 0 aromatic carbocycles. The van der Waals surface area contributed by atoms with Crippen LogP contribution in [0.25, 0.3) is 0 Å². The van der Waals surface area contributed by atoms with Gasteiger partial charge in [-0.1, -0.05) is 131 Å². The smallest absolute Gasteiger partial charge is 0.333 e. The zero-order valence-corrected chi connectivity index (χ0v) is 64.7. The molecular formula is C85H138O12. The molecule has 4 bridgehead atoms. The summed E-state index contributed by atoms with van der Waals surface area (Å²) in [6, 6.07) is 0. The lowest BCUT2D eigenvalue weighted by atomic mass is 9.64. The van der Waals surface area contributed by atoms with Crippen LogP contribution in [0.2, 0.25) is 0 Å². The van der Waals surface area contributed by atoms with Crippen molar-refractivity contribution >= 4 is 35.8 Å². The van der Waals surface area contributed by atoms with Crippen molar-refractivity contribution in [1.29, 1.82) is 0 Å². The van der Waals surface area contributed by atoms with Gasteiger partial charge in [0.05, 0.1) is 0 Å². The standard InChI is InChI=1S/C19H30O2.C18H30O2.C14H22O2.C13H22O2.C11H18O2.C10H16O2/c1-12(2)16(20)21-18(6)9-10-19-11-15(18)17(4,5)14(19)8-7-13(19)3;1-14(2)17(19)20-18(3,15-10-6-4-7-11-15)16-12-8-5-9-13-16;1-9(2)13(15)16-14(3,4)12-8-10-5-6-11(12)7-10;1-10(2)12(14)15-13(3,4)11-8-6-5-7-9-11;1-9(2)10(12)13-11(3)7-5-4-6-8-11;1-8(2)9(11)12-10(3)6-4-5-7-10/h13-15H,1,7-11H2,2-6H3;15-16H,1,4-13H2,2-3H3;10-12H,1,5-8H2,2-4H3;11H,1,5-9H2,2-4H3;1,4-8H2,2-3H3;1,4-7H2,2-3H3. The molecule has 97 heavy (non-hydrogen) atoms. The predicted molar refractivity (Wildman–Crippen MR) is 393 cm³/mol. The summed E-state index contributed by atoms with van der Waals surface area (Å²) in [5, 5.41) is 0. The van der Waals surface area contributed by atoms with E-state index in [1.165, 1.54) is 180 Å². The highest BCUT2D eigenvalue weighted by Crippen LogP contribution is 2.73. The van der Waals surface area contributed by atoms with Gasteiger partial charge in [0, 0.05) is 45.3 Å². The van der Waals surface area contributed by atoms with Crippen molar-refractivity contribution in [2.75, 3.05) is 0 Å². The molecule has 10 fully saturated rings. The third-order valence-electron chi connectivity index (χ3n) is 25.5. The van der Waals surface area contributed by atoms with E-state index in [9.17, 15) is 28.8 Å². The van der Waals surface area contributed by atoms with Crippen molar-refractivity contribution in [3.05, 3.63) is 72.9 Å². The molecule has 10 aliphatic carbocycles. The Morgan fingerprint density at radius 1 is 0.371 bits per heavy atom. The van der Waals surface area contributed by atoms with Gasteiger partial charge in [-0.15, -0.1) is 0 Å². The maximum atomic E-state index is 12.1. The highest BCUT2D eigenvalue weighted by atomic mass is 16.6. The Kier molecular flexibility index (Phi) is 30.1. The first kappa shape index (κ1) is 82.9. The number of fused-ring (bicyclic) bond motifs is 3. The lowest BCUT2D eigenvalue weighted by Gasteiger charge is -2.46. The predicted octanol–water partition coefficient (Wildman–Crippen LogP) is 21.8. The third kappa shape index (κ3) is 22.4. The average Bonchev–Trinajstić information content (AvgIpc) is 1.53. The van der Waals surface area contributed by atoms with E-state index in [0.717, 1.165) is 55.8 Å². The van der Waals surface area contributed by atoms with E-state index < -0.39 is 0 Å². The Morgan fingerprint density at radius 3 is 1.13 bits per heavy atom. The fourth-order valence-electron chi connectivity index (χ4n) is 19.4. The van der Waals surface area contributed by atoms with Gasteiger partial charge in [-0.25, -0.2) is 28.8 Å². The number of hydrogen-bond donors (Lipinski definition) is 0. The summed E-state index contributed by atoms with van der Waals surface area (Å²) >= 11 is 0. The fourth-order valence-corrected chi connectivity index (χ4v) is 19.4. The number of ether oxygens (including phenoxy) is 6. The Hall–Kier alpha value is -4.74. The van der Waals surface area contributed by atoms with E-state index in [1.807, 2.05) is 27.7 Å². The highest BCUT2D eigenvalue weighted by Gasteiger charge is 2.69. The van der Waals surface area contributed by atoms with Gasteiger partial charge >= 0.3 is 35.8 Å². The first-order valence-corrected chi connectivity index (χ1v) is 38.4. The molecule has 10 aliphatic rings. The molecule has 1 spiro atoms. The van der Waals surface area contributed by atoms with Gasteiger partial charge in [0.2, 0.25) is 0 Å². The van der Waals surface area contributed by atoms with Crippen LogP contribution >= 0.6 is 0 Å². The molecule has 0 amide bonds. The van der Waals surface area contributed by atoms with Gasteiger partial charge in [-0.2, -0.15) is 0 Å². The van der Waals surface area contributed by atoms with Gasteiger partial charge in [0.15, 0.2) is 0 Å². The lowest BCUT2D eigenvalue weighted by Crippen LogP contribution is -2.48. The fraction of sp³-hybridized carbons (Fsp3) is 0.788. The molecule has 8 atom stereocenters. The first-order valence-electron chi connectivity index (χ1n) is 38.4. The van der Waals surface area contributed by atoms with E-state index >= 15 is 0 Å². The van der Waals surface area contributed by atoms with E-state index in [4.69, 9.17) is 28.4 Å². The van der Waals surface area contributed by atoms with Crippen molar-refractivity contribution in [3.8, 4) is 0 Å². The summed E-state index contributed by atoms with van der Waals surface area (Å²) in [5.74, 6) is 4.52. The second-order valence-electron chi connectivity index (χ2n) is 35.0. The lowest BCUT2D eigenvalue weighted by molar-refractivity contribution is -0.172. The second-order valence-corrected chi connectivity index (χ2v) is 35.0. The average molecular weight is 1350 g/mol. The molecule has 0 aromatic heterocycles. The summed E-state index contributed by atoms with van der Waals surface area (Å²) in [7, 11) is 0. The zero-order valence-electron chi connectivity index (χ0n) is 64.7. The molecule has 0 radical (unpaired) electrons. The minimum absolute atomic E-state index is 0.191. The summed E-state index contributed by atoms with van der Waals surface area (Å²) < 4.78 is 33.8. The van der Waals surface area contributed by atoms with Gasteiger partial charge in [0.25, 0.3) is 0 Å². The largest absolute Gasteiger partial charge is 0.456 e. The molecule has 0 N–H and O–H groups in total. The maximum Gasteiger partial charge on any atom is 0.333 e. The van der Waals surface area contributed by atoms with Gasteiger partial charge in [0.1, 0.15) is 33.6 Å². The second kappa shape index (κ2) is 35.2. The SMILES string of the molecule is C=C(C)C(=O)OC(C)(C)C1CC2CCC1C2.C=C(C)C(=O)OC(C)(C)C1CCCCC1.C=C(C)C(=O)OC(C)(C1CCCCC1)C1CCCCC1.C=C(C)C(=O)OC1(C)CCC23CC1C(C)(C)C2CCC3C.C=C(C)C(=O)OC1(C)CCCC1.C=C(C)C(=O)OC1(C)CCCCC1. The maximum absolute atomic E-state index is 12.1. The van der Waals surface area contributed by atoms with Crippen molar-refractivity contribution in [2.24, 2.45) is 64.1 Å². The van der Waals surface area contributed by atoms with Crippen molar-refractivity contribution < 1.29 is 57.2 Å². The number of carbonyl (C=O) groups is 6. The Bertz CT molecular complexity index is 2740. The van der Waals surface area contributed by atoms with Crippen LogP contribution < -0.4 is 0 Å². The van der Waals surface area contributed by atoms with Crippen LogP contribution in [0.5, 0.6) is 0 Å². The molecule has 0 saturated heterocycles. The van der Waals surface area contributed by atoms with E-state index in [1.54, 1.807) is 41.5 Å². The Balaban J connectivity index is 0.000000213. The summed E-state index contributed by atoms with van der Waals surface area (Å²) in [6.07, 6.45) is 40.3. The molecule has 12 nitrogen and oxygen atoms in total. The van der Waals surface area contributed by atoms with E-state index in [-0.39, 0.29) is 74.8 Å². The van der Waals surface area contributed by atoms with Crippen molar-refractivity contribution in [3.63, 3.8) is 0 Å². The Morgan fingerprint density at radius 2 is 0.742 bits per heavy atom. The van der Waals surface area contributed by atoms with Crippen LogP contribution in [0.15, 0.2) is 72.9 Å². The first-order chi connectivity index (χ1) is 45.1. The van der Waals surface area contributed by atoms with Crippen LogP contribution in [0.3, 0.4) is 0 Å². The normalized spacial score (nSPS) is 28.4. The minimum Gasteiger partial charge on any atom is -0.456 e. The molecule has 10 rings (SSSR count). The molecule has 12 heteroatoms. The van der Waals surface area contributed by atoms with Gasteiger partial charge in [-0.3, -0.25) is 0 Å². The van der Waals surface area contributed by atoms with Crippen LogP contribution in [0.4, 0.5) is 0 Å². The van der Waals surface area contributed by atoms with Gasteiger partial charge in [-0.05, 0) is 290 Å². The minimum atomic E-state index is -0.337.